The van der Waals surface area contributed by atoms with Crippen molar-refractivity contribution in [3.05, 3.63) is 54.0 Å². The lowest BCUT2D eigenvalue weighted by molar-refractivity contribution is 0.0923. The van der Waals surface area contributed by atoms with Crippen molar-refractivity contribution >= 4 is 5.91 Å². The van der Waals surface area contributed by atoms with Gasteiger partial charge in [-0.15, -0.1) is 0 Å². The van der Waals surface area contributed by atoms with Gasteiger partial charge in [-0.2, -0.15) is 0 Å². The van der Waals surface area contributed by atoms with Gasteiger partial charge in [-0.05, 0) is 29.8 Å². The second-order valence-electron chi connectivity index (χ2n) is 3.51. The highest BCUT2D eigenvalue weighted by Gasteiger charge is 2.07. The topological polar surface area (TPSA) is 51.5 Å². The molecule has 4 heteroatoms. The summed E-state index contributed by atoms with van der Waals surface area (Å²) in [5, 5.41) is 2.76. The van der Waals surface area contributed by atoms with Crippen LogP contribution in [0.5, 0.6) is 5.75 Å². The van der Waals surface area contributed by atoms with Crippen LogP contribution in [-0.2, 0) is 6.54 Å². The summed E-state index contributed by atoms with van der Waals surface area (Å²) in [4.78, 5) is 11.6. The van der Waals surface area contributed by atoms with Crippen LogP contribution in [0.15, 0.2) is 47.1 Å². The lowest BCUT2D eigenvalue weighted by atomic mass is 10.2. The van der Waals surface area contributed by atoms with E-state index in [2.05, 4.69) is 5.32 Å². The van der Waals surface area contributed by atoms with Gasteiger partial charge in [0.1, 0.15) is 5.75 Å². The molecule has 2 rings (SSSR count). The lowest BCUT2D eigenvalue weighted by Gasteiger charge is -2.05. The molecule has 1 N–H and O–H groups in total. The van der Waals surface area contributed by atoms with Crippen molar-refractivity contribution in [1.82, 2.24) is 5.32 Å². The van der Waals surface area contributed by atoms with Crippen LogP contribution in [0, 0.1) is 0 Å². The molecular weight excluding hydrogens is 218 g/mol. The maximum absolute atomic E-state index is 11.6. The van der Waals surface area contributed by atoms with Crippen LogP contribution < -0.4 is 10.1 Å². The molecule has 0 aliphatic carbocycles. The summed E-state index contributed by atoms with van der Waals surface area (Å²) >= 11 is 0. The molecule has 88 valence electrons. The highest BCUT2D eigenvalue weighted by molar-refractivity contribution is 5.91. The number of carbonyl (C=O) groups excluding carboxylic acids is 1. The predicted molar refractivity (Wildman–Crippen MR) is 62.9 cm³/mol. The Kier molecular flexibility index (Phi) is 3.45. The molecule has 1 amide bonds. The fourth-order valence-corrected chi connectivity index (χ4v) is 1.46. The van der Waals surface area contributed by atoms with E-state index in [0.717, 1.165) is 11.3 Å². The van der Waals surface area contributed by atoms with Gasteiger partial charge < -0.3 is 14.5 Å². The molecule has 0 unspecified atom stereocenters. The number of hydrogen-bond donors (Lipinski definition) is 1. The van der Waals surface area contributed by atoms with Crippen LogP contribution in [0.2, 0.25) is 0 Å². The first-order valence-corrected chi connectivity index (χ1v) is 5.24. The first-order valence-electron chi connectivity index (χ1n) is 5.24. The van der Waals surface area contributed by atoms with E-state index in [-0.39, 0.29) is 5.91 Å². The molecule has 1 heterocycles. The maximum Gasteiger partial charge on any atom is 0.287 e. The zero-order chi connectivity index (χ0) is 12.1. The summed E-state index contributed by atoms with van der Waals surface area (Å²) in [7, 11) is 1.61. The van der Waals surface area contributed by atoms with Crippen LogP contribution in [0.25, 0.3) is 0 Å². The summed E-state index contributed by atoms with van der Waals surface area (Å²) in [5.41, 5.74) is 0.976. The van der Waals surface area contributed by atoms with Gasteiger partial charge in [0.2, 0.25) is 0 Å². The van der Waals surface area contributed by atoms with E-state index in [4.69, 9.17) is 9.15 Å². The van der Waals surface area contributed by atoms with Gasteiger partial charge in [-0.3, -0.25) is 4.79 Å². The van der Waals surface area contributed by atoms with Gasteiger partial charge >= 0.3 is 0 Å². The van der Waals surface area contributed by atoms with Gasteiger partial charge in [-0.1, -0.05) is 12.1 Å². The minimum absolute atomic E-state index is 0.224. The average molecular weight is 231 g/mol. The molecule has 0 atom stereocenters. The molecule has 0 bridgehead atoms. The van der Waals surface area contributed by atoms with Crippen molar-refractivity contribution in [1.29, 1.82) is 0 Å². The summed E-state index contributed by atoms with van der Waals surface area (Å²) < 4.78 is 10.1. The highest BCUT2D eigenvalue weighted by atomic mass is 16.5. The van der Waals surface area contributed by atoms with E-state index in [9.17, 15) is 4.79 Å². The van der Waals surface area contributed by atoms with Crippen molar-refractivity contribution in [2.24, 2.45) is 0 Å². The molecule has 4 nitrogen and oxygen atoms in total. The molecule has 1 aromatic carbocycles. The standard InChI is InChI=1S/C13H13NO3/c1-16-11-5-2-4-10(8-11)9-14-13(15)12-6-3-7-17-12/h2-8H,9H2,1H3,(H,14,15). The Morgan fingerprint density at radius 1 is 1.35 bits per heavy atom. The number of rotatable bonds is 4. The summed E-state index contributed by atoms with van der Waals surface area (Å²) in [6.45, 7) is 0.441. The number of ether oxygens (including phenoxy) is 1. The third-order valence-corrected chi connectivity index (χ3v) is 2.33. The number of methoxy groups -OCH3 is 1. The van der Waals surface area contributed by atoms with E-state index in [1.165, 1.54) is 6.26 Å². The predicted octanol–water partition coefficient (Wildman–Crippen LogP) is 2.22. The van der Waals surface area contributed by atoms with Crippen molar-refractivity contribution in [2.75, 3.05) is 7.11 Å². The molecular formula is C13H13NO3. The molecule has 2 aromatic rings. The van der Waals surface area contributed by atoms with Crippen molar-refractivity contribution in [3.8, 4) is 5.75 Å². The summed E-state index contributed by atoms with van der Waals surface area (Å²) in [6, 6.07) is 10.8. The second-order valence-corrected chi connectivity index (χ2v) is 3.51. The molecule has 17 heavy (non-hydrogen) atoms. The average Bonchev–Trinajstić information content (AvgIpc) is 2.90. The maximum atomic E-state index is 11.6. The van der Waals surface area contributed by atoms with Crippen molar-refractivity contribution in [2.45, 2.75) is 6.54 Å². The van der Waals surface area contributed by atoms with Gasteiger partial charge in [0.25, 0.3) is 5.91 Å². The molecule has 0 saturated heterocycles. The second kappa shape index (κ2) is 5.21. The van der Waals surface area contributed by atoms with E-state index in [1.54, 1.807) is 19.2 Å². The first-order chi connectivity index (χ1) is 8.29. The number of nitrogens with one attached hydrogen (secondary N) is 1. The Hall–Kier alpha value is -2.23. The smallest absolute Gasteiger partial charge is 0.287 e. The van der Waals surface area contributed by atoms with Crippen LogP contribution in [-0.4, -0.2) is 13.0 Å². The zero-order valence-electron chi connectivity index (χ0n) is 9.47. The lowest BCUT2D eigenvalue weighted by Crippen LogP contribution is -2.22. The van der Waals surface area contributed by atoms with E-state index in [0.29, 0.717) is 12.3 Å². The van der Waals surface area contributed by atoms with Gasteiger partial charge in [0, 0.05) is 6.54 Å². The van der Waals surface area contributed by atoms with E-state index >= 15 is 0 Å². The molecule has 1 aromatic heterocycles. The third kappa shape index (κ3) is 2.87. The Morgan fingerprint density at radius 2 is 2.24 bits per heavy atom. The Morgan fingerprint density at radius 3 is 2.94 bits per heavy atom. The normalized spacial score (nSPS) is 9.94. The molecule has 0 saturated carbocycles. The van der Waals surface area contributed by atoms with E-state index < -0.39 is 0 Å². The number of benzene rings is 1. The highest BCUT2D eigenvalue weighted by Crippen LogP contribution is 2.12. The molecule has 0 aliphatic heterocycles. The van der Waals surface area contributed by atoms with Crippen LogP contribution in [0.1, 0.15) is 16.1 Å². The first kappa shape index (κ1) is 11.3. The van der Waals surface area contributed by atoms with Gasteiger partial charge in [0.15, 0.2) is 5.76 Å². The Bertz CT molecular complexity index is 491. The fourth-order valence-electron chi connectivity index (χ4n) is 1.46. The van der Waals surface area contributed by atoms with Crippen LogP contribution in [0.3, 0.4) is 0 Å². The largest absolute Gasteiger partial charge is 0.497 e. The zero-order valence-corrected chi connectivity index (χ0v) is 9.47. The number of hydrogen-bond acceptors (Lipinski definition) is 3. The molecule has 0 radical (unpaired) electrons. The minimum Gasteiger partial charge on any atom is -0.497 e. The number of carbonyl (C=O) groups is 1. The minimum atomic E-state index is -0.224. The summed E-state index contributed by atoms with van der Waals surface area (Å²) in [5.74, 6) is 0.862. The SMILES string of the molecule is COc1cccc(CNC(=O)c2ccco2)c1. The van der Waals surface area contributed by atoms with Gasteiger partial charge in [-0.25, -0.2) is 0 Å². The quantitative estimate of drug-likeness (QED) is 0.877. The van der Waals surface area contributed by atoms with Crippen molar-refractivity contribution in [3.63, 3.8) is 0 Å². The molecule has 0 spiro atoms. The van der Waals surface area contributed by atoms with Crippen LogP contribution in [0.4, 0.5) is 0 Å². The Balaban J connectivity index is 1.95. The monoisotopic (exact) mass is 231 g/mol. The van der Waals surface area contributed by atoms with Crippen molar-refractivity contribution < 1.29 is 13.9 Å². The fraction of sp³-hybridized carbons (Fsp3) is 0.154. The third-order valence-electron chi connectivity index (χ3n) is 2.33. The molecule has 0 fully saturated rings. The van der Waals surface area contributed by atoms with Gasteiger partial charge in [0.05, 0.1) is 13.4 Å². The Labute approximate surface area is 99.2 Å². The number of amides is 1. The van der Waals surface area contributed by atoms with Crippen LogP contribution >= 0.6 is 0 Å². The van der Waals surface area contributed by atoms with E-state index in [1.807, 2.05) is 24.3 Å². The summed E-state index contributed by atoms with van der Waals surface area (Å²) in [6.07, 6.45) is 1.47. The molecule has 0 aliphatic rings. The number of furan rings is 1.